The number of piperazine rings is 1. The molecule has 0 amide bonds. The average Bonchev–Trinajstić information content (AvgIpc) is 2.42. The minimum absolute atomic E-state index is 0.300. The molecule has 0 saturated carbocycles. The van der Waals surface area contributed by atoms with Gasteiger partial charge in [0.15, 0.2) is 0 Å². The van der Waals surface area contributed by atoms with Crippen molar-refractivity contribution in [3.63, 3.8) is 0 Å². The minimum atomic E-state index is -2.80. The van der Waals surface area contributed by atoms with E-state index in [1.54, 1.807) is 0 Å². The second kappa shape index (κ2) is 9.11. The Kier molecular flexibility index (Phi) is 8.17. The largest absolute Gasteiger partial charge is 0.375 e. The Bertz CT molecular complexity index is 300. The molecular formula is C16H33F2N3O. The third-order valence-corrected chi connectivity index (χ3v) is 3.80. The quantitative estimate of drug-likeness (QED) is 0.658. The first-order valence-electron chi connectivity index (χ1n) is 8.29. The topological polar surface area (TPSA) is 27.7 Å². The van der Waals surface area contributed by atoms with Crippen LogP contribution in [0.3, 0.4) is 0 Å². The van der Waals surface area contributed by atoms with Gasteiger partial charge in [0.1, 0.15) is 6.61 Å². The van der Waals surface area contributed by atoms with Gasteiger partial charge in [0.05, 0.1) is 6.54 Å². The Morgan fingerprint density at radius 1 is 1.05 bits per heavy atom. The van der Waals surface area contributed by atoms with E-state index in [1.807, 2.05) is 20.8 Å². The maximum atomic E-state index is 13.6. The van der Waals surface area contributed by atoms with Crippen LogP contribution in [0, 0.1) is 0 Å². The van der Waals surface area contributed by atoms with E-state index in [0.717, 1.165) is 45.6 Å². The van der Waals surface area contributed by atoms with Crippen molar-refractivity contribution in [3.05, 3.63) is 0 Å². The molecule has 1 fully saturated rings. The maximum Gasteiger partial charge on any atom is 0.283 e. The number of alkyl halides is 2. The highest BCUT2D eigenvalue weighted by atomic mass is 19.3. The van der Waals surface area contributed by atoms with Crippen molar-refractivity contribution in [1.29, 1.82) is 0 Å². The summed E-state index contributed by atoms with van der Waals surface area (Å²) in [5.41, 5.74) is -0.300. The van der Waals surface area contributed by atoms with E-state index in [1.165, 1.54) is 0 Å². The van der Waals surface area contributed by atoms with Crippen LogP contribution in [0.4, 0.5) is 8.78 Å². The number of rotatable bonds is 9. The zero-order chi connectivity index (χ0) is 16.6. The van der Waals surface area contributed by atoms with E-state index in [-0.39, 0.29) is 12.1 Å². The first-order chi connectivity index (χ1) is 10.2. The summed E-state index contributed by atoms with van der Waals surface area (Å²) in [6, 6.07) is 0. The zero-order valence-electron chi connectivity index (χ0n) is 14.6. The Morgan fingerprint density at radius 3 is 2.27 bits per heavy atom. The minimum Gasteiger partial charge on any atom is -0.375 e. The van der Waals surface area contributed by atoms with E-state index in [2.05, 4.69) is 22.2 Å². The molecule has 1 N–H and O–H groups in total. The van der Waals surface area contributed by atoms with Crippen LogP contribution < -0.4 is 5.32 Å². The molecule has 6 heteroatoms. The lowest BCUT2D eigenvalue weighted by atomic mass is 10.1. The summed E-state index contributed by atoms with van der Waals surface area (Å²) in [5.74, 6) is -2.80. The van der Waals surface area contributed by atoms with Crippen molar-refractivity contribution >= 4 is 0 Å². The van der Waals surface area contributed by atoms with Gasteiger partial charge in [0.2, 0.25) is 0 Å². The molecule has 1 rings (SSSR count). The van der Waals surface area contributed by atoms with Gasteiger partial charge in [-0.3, -0.25) is 0 Å². The molecule has 0 unspecified atom stereocenters. The van der Waals surface area contributed by atoms with Crippen molar-refractivity contribution < 1.29 is 13.5 Å². The second-order valence-electron chi connectivity index (χ2n) is 7.36. The monoisotopic (exact) mass is 321 g/mol. The zero-order valence-corrected chi connectivity index (χ0v) is 14.6. The van der Waals surface area contributed by atoms with Crippen LogP contribution >= 0.6 is 0 Å². The number of unbranched alkanes of at least 4 members (excludes halogenated alkanes) is 1. The number of halogens is 2. The Balaban J connectivity index is 2.00. The van der Waals surface area contributed by atoms with Crippen LogP contribution in [0.5, 0.6) is 0 Å². The molecule has 4 nitrogen and oxygen atoms in total. The molecule has 1 aliphatic heterocycles. The van der Waals surface area contributed by atoms with Gasteiger partial charge in [-0.25, -0.2) is 8.78 Å². The third-order valence-electron chi connectivity index (χ3n) is 3.80. The standard InChI is InChI=1S/C16H33F2N3O/c1-15(2,3)19-13-16(17,18)14-22-12-6-5-7-21-10-8-20(4)9-11-21/h19H,5-14H2,1-4H3. The Labute approximate surface area is 134 Å². The first kappa shape index (κ1) is 19.7. The number of nitrogens with one attached hydrogen (secondary N) is 1. The molecule has 0 aliphatic carbocycles. The van der Waals surface area contributed by atoms with Gasteiger partial charge in [-0.15, -0.1) is 0 Å². The Hall–Kier alpha value is -0.300. The van der Waals surface area contributed by atoms with Crippen LogP contribution in [-0.2, 0) is 4.74 Å². The lowest BCUT2D eigenvalue weighted by molar-refractivity contribution is -0.0780. The molecule has 132 valence electrons. The normalized spacial score (nSPS) is 18.8. The highest BCUT2D eigenvalue weighted by molar-refractivity contribution is 4.77. The fraction of sp³-hybridized carbons (Fsp3) is 1.00. The third kappa shape index (κ3) is 9.66. The van der Waals surface area contributed by atoms with Gasteiger partial charge in [-0.2, -0.15) is 0 Å². The summed E-state index contributed by atoms with van der Waals surface area (Å²) < 4.78 is 32.3. The molecule has 0 radical (unpaired) electrons. The molecule has 0 bridgehead atoms. The van der Waals surface area contributed by atoms with Gasteiger partial charge >= 0.3 is 0 Å². The van der Waals surface area contributed by atoms with Crippen LogP contribution in [0.2, 0.25) is 0 Å². The summed E-state index contributed by atoms with van der Waals surface area (Å²) in [7, 11) is 2.14. The van der Waals surface area contributed by atoms with E-state index in [4.69, 9.17) is 4.74 Å². The van der Waals surface area contributed by atoms with Crippen LogP contribution in [0.1, 0.15) is 33.6 Å². The predicted octanol–water partition coefficient (Wildman–Crippen LogP) is 2.05. The number of hydrogen-bond acceptors (Lipinski definition) is 4. The second-order valence-corrected chi connectivity index (χ2v) is 7.36. The number of ether oxygens (including phenoxy) is 1. The van der Waals surface area contributed by atoms with Gasteiger partial charge in [0.25, 0.3) is 5.92 Å². The van der Waals surface area contributed by atoms with Crippen molar-refractivity contribution in [2.75, 3.05) is 59.5 Å². The summed E-state index contributed by atoms with van der Waals surface area (Å²) >= 11 is 0. The van der Waals surface area contributed by atoms with Crippen LogP contribution in [-0.4, -0.2) is 80.8 Å². The summed E-state index contributed by atoms with van der Waals surface area (Å²) in [5, 5.41) is 2.82. The molecule has 1 saturated heterocycles. The SMILES string of the molecule is CN1CCN(CCCCOCC(F)(F)CNC(C)(C)C)CC1. The highest BCUT2D eigenvalue weighted by Gasteiger charge is 2.30. The number of hydrogen-bond donors (Lipinski definition) is 1. The van der Waals surface area contributed by atoms with Crippen molar-refractivity contribution in [2.24, 2.45) is 0 Å². The molecule has 0 aromatic carbocycles. The number of likely N-dealkylation sites (N-methyl/N-ethyl adjacent to an activating group) is 1. The predicted molar refractivity (Wildman–Crippen MR) is 86.7 cm³/mol. The van der Waals surface area contributed by atoms with Gasteiger partial charge in [0, 0.05) is 38.3 Å². The fourth-order valence-electron chi connectivity index (χ4n) is 2.28. The smallest absolute Gasteiger partial charge is 0.283 e. The molecular weight excluding hydrogens is 288 g/mol. The molecule has 0 atom stereocenters. The average molecular weight is 321 g/mol. The molecule has 0 aromatic heterocycles. The highest BCUT2D eigenvalue weighted by Crippen LogP contribution is 2.14. The van der Waals surface area contributed by atoms with Crippen molar-refractivity contribution in [2.45, 2.75) is 45.1 Å². The van der Waals surface area contributed by atoms with E-state index in [9.17, 15) is 8.78 Å². The fourth-order valence-corrected chi connectivity index (χ4v) is 2.28. The van der Waals surface area contributed by atoms with Crippen LogP contribution in [0.15, 0.2) is 0 Å². The van der Waals surface area contributed by atoms with Crippen LogP contribution in [0.25, 0.3) is 0 Å². The molecule has 0 spiro atoms. The summed E-state index contributed by atoms with van der Waals surface area (Å²) in [4.78, 5) is 4.76. The molecule has 22 heavy (non-hydrogen) atoms. The van der Waals surface area contributed by atoms with Gasteiger partial charge in [-0.1, -0.05) is 0 Å². The van der Waals surface area contributed by atoms with E-state index < -0.39 is 12.5 Å². The first-order valence-corrected chi connectivity index (χ1v) is 8.29. The Morgan fingerprint density at radius 2 is 1.68 bits per heavy atom. The molecule has 0 aromatic rings. The van der Waals surface area contributed by atoms with Crippen molar-refractivity contribution in [3.8, 4) is 0 Å². The maximum absolute atomic E-state index is 13.6. The molecule has 1 aliphatic rings. The van der Waals surface area contributed by atoms with Gasteiger partial charge in [-0.05, 0) is 47.2 Å². The molecule has 1 heterocycles. The number of nitrogens with zero attached hydrogens (tertiary/aromatic N) is 2. The lowest BCUT2D eigenvalue weighted by Crippen LogP contribution is -2.45. The lowest BCUT2D eigenvalue weighted by Gasteiger charge is -2.32. The summed E-state index contributed by atoms with van der Waals surface area (Å²) in [6.07, 6.45) is 1.85. The van der Waals surface area contributed by atoms with Crippen molar-refractivity contribution in [1.82, 2.24) is 15.1 Å². The van der Waals surface area contributed by atoms with E-state index in [0.29, 0.717) is 6.61 Å². The summed E-state index contributed by atoms with van der Waals surface area (Å²) in [6.45, 7) is 10.7. The van der Waals surface area contributed by atoms with Gasteiger partial charge < -0.3 is 19.9 Å². The van der Waals surface area contributed by atoms with E-state index >= 15 is 0 Å².